The number of carbonyl (C=O) groups is 2. The zero-order valence-corrected chi connectivity index (χ0v) is 12.0. The first-order valence-corrected chi connectivity index (χ1v) is 7.83. The number of hydrogen-bond donors (Lipinski definition) is 2. The van der Waals surface area contributed by atoms with Crippen molar-refractivity contribution in [3.8, 4) is 0 Å². The average molecular weight is 292 g/mol. The van der Waals surface area contributed by atoms with E-state index in [1.165, 1.54) is 11.4 Å². The van der Waals surface area contributed by atoms with Crippen LogP contribution < -0.4 is 5.32 Å². The van der Waals surface area contributed by atoms with E-state index < -0.39 is 27.3 Å². The maximum atomic E-state index is 11.6. The number of nitrogens with one attached hydrogen (secondary N) is 1. The molecule has 1 saturated carbocycles. The Morgan fingerprint density at radius 3 is 2.37 bits per heavy atom. The van der Waals surface area contributed by atoms with Gasteiger partial charge in [-0.2, -0.15) is 0 Å². The number of amides is 1. The van der Waals surface area contributed by atoms with Gasteiger partial charge in [0, 0.05) is 20.1 Å². The van der Waals surface area contributed by atoms with Crippen molar-refractivity contribution < 1.29 is 23.1 Å². The molecule has 0 bridgehead atoms. The Kier molecular flexibility index (Phi) is 4.92. The third-order valence-electron chi connectivity index (χ3n) is 3.37. The Labute approximate surface area is 113 Å². The fourth-order valence-corrected chi connectivity index (χ4v) is 2.54. The Balaban J connectivity index is 2.29. The van der Waals surface area contributed by atoms with Crippen LogP contribution in [0.1, 0.15) is 26.2 Å². The van der Waals surface area contributed by atoms with Gasteiger partial charge in [0.25, 0.3) is 0 Å². The number of carboxylic acids is 1. The summed E-state index contributed by atoms with van der Waals surface area (Å²) >= 11 is 0. The van der Waals surface area contributed by atoms with Crippen molar-refractivity contribution in [2.24, 2.45) is 5.41 Å². The lowest BCUT2D eigenvalue weighted by Gasteiger charge is -2.16. The van der Waals surface area contributed by atoms with E-state index in [0.29, 0.717) is 25.8 Å². The molecule has 1 aliphatic rings. The minimum Gasteiger partial charge on any atom is -0.480 e. The maximum absolute atomic E-state index is 11.6. The molecule has 1 aliphatic carbocycles. The van der Waals surface area contributed by atoms with Gasteiger partial charge in [-0.25, -0.2) is 12.7 Å². The minimum absolute atomic E-state index is 0.0397. The van der Waals surface area contributed by atoms with Crippen LogP contribution in [0, 0.1) is 5.41 Å². The van der Waals surface area contributed by atoms with Crippen LogP contribution in [0.5, 0.6) is 0 Å². The first-order valence-electron chi connectivity index (χ1n) is 6.22. The van der Waals surface area contributed by atoms with Crippen molar-refractivity contribution in [2.45, 2.75) is 26.2 Å². The predicted octanol–water partition coefficient (Wildman–Crippen LogP) is -0.361. The molecule has 19 heavy (non-hydrogen) atoms. The predicted molar refractivity (Wildman–Crippen MR) is 69.0 cm³/mol. The fourth-order valence-electron chi connectivity index (χ4n) is 1.70. The molecule has 110 valence electrons. The van der Waals surface area contributed by atoms with E-state index in [2.05, 4.69) is 5.32 Å². The molecule has 0 unspecified atom stereocenters. The Hall–Kier alpha value is -1.15. The summed E-state index contributed by atoms with van der Waals surface area (Å²) in [6.45, 7) is 2.14. The molecule has 0 aromatic rings. The molecule has 0 aromatic carbocycles. The smallest absolute Gasteiger partial charge is 0.319 e. The van der Waals surface area contributed by atoms with Gasteiger partial charge in [-0.3, -0.25) is 9.59 Å². The maximum Gasteiger partial charge on any atom is 0.319 e. The molecule has 0 spiro atoms. The van der Waals surface area contributed by atoms with E-state index in [1.807, 2.05) is 0 Å². The summed E-state index contributed by atoms with van der Waals surface area (Å²) < 4.78 is 24.1. The highest BCUT2D eigenvalue weighted by atomic mass is 32.2. The van der Waals surface area contributed by atoms with Crippen molar-refractivity contribution in [2.75, 3.05) is 25.9 Å². The van der Waals surface area contributed by atoms with Gasteiger partial charge in [-0.05, 0) is 26.2 Å². The molecule has 7 nitrogen and oxygen atoms in total. The third kappa shape index (κ3) is 3.66. The van der Waals surface area contributed by atoms with Crippen LogP contribution in [0.4, 0.5) is 0 Å². The van der Waals surface area contributed by atoms with E-state index in [0.717, 1.165) is 0 Å². The summed E-state index contributed by atoms with van der Waals surface area (Å²) in [4.78, 5) is 22.5. The van der Waals surface area contributed by atoms with E-state index in [9.17, 15) is 18.0 Å². The molecule has 0 radical (unpaired) electrons. The van der Waals surface area contributed by atoms with Crippen LogP contribution in [-0.2, 0) is 19.6 Å². The van der Waals surface area contributed by atoms with E-state index in [1.54, 1.807) is 6.92 Å². The minimum atomic E-state index is -3.20. The number of nitrogens with zero attached hydrogens (tertiary/aromatic N) is 1. The molecular weight excluding hydrogens is 272 g/mol. The van der Waals surface area contributed by atoms with Crippen molar-refractivity contribution >= 4 is 21.9 Å². The molecule has 1 fully saturated rings. The van der Waals surface area contributed by atoms with Crippen molar-refractivity contribution in [1.29, 1.82) is 0 Å². The normalized spacial score (nSPS) is 17.2. The molecular formula is C11H20N2O5S. The van der Waals surface area contributed by atoms with Crippen molar-refractivity contribution in [3.63, 3.8) is 0 Å². The number of carboxylic acid groups (broad SMARTS) is 1. The molecule has 1 amide bonds. The van der Waals surface area contributed by atoms with Crippen LogP contribution >= 0.6 is 0 Å². The summed E-state index contributed by atoms with van der Waals surface area (Å²) in [7, 11) is -1.72. The lowest BCUT2D eigenvalue weighted by molar-refractivity contribution is -0.149. The highest BCUT2D eigenvalue weighted by molar-refractivity contribution is 7.89. The lowest BCUT2D eigenvalue weighted by atomic mass is 10.1. The second-order valence-corrected chi connectivity index (χ2v) is 7.08. The van der Waals surface area contributed by atoms with Gasteiger partial charge in [0.1, 0.15) is 5.41 Å². The molecule has 2 N–H and O–H groups in total. The second kappa shape index (κ2) is 5.87. The molecule has 0 heterocycles. The van der Waals surface area contributed by atoms with Crippen LogP contribution in [0.15, 0.2) is 0 Å². The van der Waals surface area contributed by atoms with Crippen LogP contribution in [0.2, 0.25) is 0 Å². The fraction of sp³-hybridized carbons (Fsp3) is 0.818. The first-order chi connectivity index (χ1) is 8.76. The molecule has 0 saturated heterocycles. The monoisotopic (exact) mass is 292 g/mol. The SMILES string of the molecule is CCS(=O)(=O)N(C)CCCNC(=O)C1(C(=O)O)CC1. The van der Waals surface area contributed by atoms with Gasteiger partial charge in [-0.15, -0.1) is 0 Å². The summed E-state index contributed by atoms with van der Waals surface area (Å²) in [5.74, 6) is -1.52. The van der Waals surface area contributed by atoms with Gasteiger partial charge in [0.15, 0.2) is 0 Å². The largest absolute Gasteiger partial charge is 0.480 e. The second-order valence-electron chi connectivity index (χ2n) is 4.72. The standard InChI is InChI=1S/C11H20N2O5S/c1-3-19(17,18)13(2)8-4-7-12-9(14)11(5-6-11)10(15)16/h3-8H2,1-2H3,(H,12,14)(H,15,16). The van der Waals surface area contributed by atoms with Crippen molar-refractivity contribution in [3.05, 3.63) is 0 Å². The number of rotatable bonds is 8. The third-order valence-corrected chi connectivity index (χ3v) is 5.23. The van der Waals surface area contributed by atoms with Crippen LogP contribution in [-0.4, -0.2) is 55.6 Å². The Bertz CT molecular complexity index is 456. The van der Waals surface area contributed by atoms with E-state index >= 15 is 0 Å². The summed E-state index contributed by atoms with van der Waals surface area (Å²) in [5.41, 5.74) is -1.23. The number of sulfonamides is 1. The zero-order chi connectivity index (χ0) is 14.7. The number of hydrogen-bond acceptors (Lipinski definition) is 4. The van der Waals surface area contributed by atoms with E-state index in [4.69, 9.17) is 5.11 Å². The average Bonchev–Trinajstić information content (AvgIpc) is 3.15. The Morgan fingerprint density at radius 1 is 1.37 bits per heavy atom. The zero-order valence-electron chi connectivity index (χ0n) is 11.2. The summed E-state index contributed by atoms with van der Waals surface area (Å²) in [5, 5.41) is 11.5. The van der Waals surface area contributed by atoms with Gasteiger partial charge in [-0.1, -0.05) is 0 Å². The van der Waals surface area contributed by atoms with Crippen LogP contribution in [0.3, 0.4) is 0 Å². The van der Waals surface area contributed by atoms with Gasteiger partial charge in [0.05, 0.1) is 5.75 Å². The molecule has 0 atom stereocenters. The van der Waals surface area contributed by atoms with Gasteiger partial charge in [0.2, 0.25) is 15.9 Å². The number of aliphatic carboxylic acids is 1. The topological polar surface area (TPSA) is 104 Å². The lowest BCUT2D eigenvalue weighted by Crippen LogP contribution is -2.38. The van der Waals surface area contributed by atoms with Crippen molar-refractivity contribution in [1.82, 2.24) is 9.62 Å². The molecule has 1 rings (SSSR count). The summed E-state index contributed by atoms with van der Waals surface area (Å²) in [6.07, 6.45) is 1.20. The summed E-state index contributed by atoms with van der Waals surface area (Å²) in [6, 6.07) is 0. The highest BCUT2D eigenvalue weighted by Crippen LogP contribution is 2.45. The van der Waals surface area contributed by atoms with E-state index in [-0.39, 0.29) is 12.3 Å². The molecule has 0 aromatic heterocycles. The molecule has 8 heteroatoms. The quantitative estimate of drug-likeness (QED) is 0.469. The Morgan fingerprint density at radius 2 is 1.95 bits per heavy atom. The number of carbonyl (C=O) groups excluding carboxylic acids is 1. The van der Waals surface area contributed by atoms with Gasteiger partial charge < -0.3 is 10.4 Å². The highest BCUT2D eigenvalue weighted by Gasteiger charge is 2.56. The van der Waals surface area contributed by atoms with Gasteiger partial charge >= 0.3 is 5.97 Å². The van der Waals surface area contributed by atoms with Crippen LogP contribution in [0.25, 0.3) is 0 Å². The molecule has 0 aliphatic heterocycles. The first kappa shape index (κ1) is 15.9.